The van der Waals surface area contributed by atoms with Crippen LogP contribution in [0.25, 0.3) is 11.1 Å². The average molecular weight is 478 g/mol. The molecule has 1 aliphatic rings. The SMILES string of the molecule is Cc1ccccc1-c1cc(N(N2CCNCC2)S(=O)(=O)c2ccccn2)ncc1C(F)(F)F. The van der Waals surface area contributed by atoms with Crippen LogP contribution >= 0.6 is 0 Å². The van der Waals surface area contributed by atoms with Crippen LogP contribution in [0.15, 0.2) is 66.0 Å². The number of piperazine rings is 1. The van der Waals surface area contributed by atoms with E-state index in [0.29, 0.717) is 43.5 Å². The summed E-state index contributed by atoms with van der Waals surface area (Å²) >= 11 is 0. The molecule has 3 heterocycles. The van der Waals surface area contributed by atoms with Crippen LogP contribution < -0.4 is 9.73 Å². The van der Waals surface area contributed by atoms with Crippen molar-refractivity contribution in [3.63, 3.8) is 0 Å². The van der Waals surface area contributed by atoms with Crippen LogP contribution in [0, 0.1) is 6.92 Å². The molecule has 0 amide bonds. The van der Waals surface area contributed by atoms with Gasteiger partial charge in [-0.1, -0.05) is 30.3 Å². The number of hydrogen-bond acceptors (Lipinski definition) is 6. The fraction of sp³-hybridized carbons (Fsp3) is 0.273. The molecule has 1 saturated heterocycles. The van der Waals surface area contributed by atoms with E-state index in [2.05, 4.69) is 15.3 Å². The Balaban J connectivity index is 1.93. The Labute approximate surface area is 189 Å². The molecular weight excluding hydrogens is 455 g/mol. The summed E-state index contributed by atoms with van der Waals surface area (Å²) in [4.78, 5) is 7.93. The zero-order chi connectivity index (χ0) is 23.6. The number of nitrogens with one attached hydrogen (secondary N) is 1. The van der Waals surface area contributed by atoms with E-state index in [1.54, 1.807) is 42.3 Å². The van der Waals surface area contributed by atoms with E-state index in [4.69, 9.17) is 0 Å². The topological polar surface area (TPSA) is 78.4 Å². The Bertz CT molecular complexity index is 1230. The lowest BCUT2D eigenvalue weighted by molar-refractivity contribution is -0.137. The number of anilines is 1. The molecule has 0 aliphatic carbocycles. The first-order chi connectivity index (χ1) is 15.7. The van der Waals surface area contributed by atoms with Gasteiger partial charge in [0.25, 0.3) is 10.0 Å². The maximum Gasteiger partial charge on any atom is 0.418 e. The van der Waals surface area contributed by atoms with Crippen LogP contribution in [-0.4, -0.2) is 49.6 Å². The summed E-state index contributed by atoms with van der Waals surface area (Å²) in [6, 6.07) is 12.3. The van der Waals surface area contributed by atoms with E-state index in [-0.39, 0.29) is 16.4 Å². The van der Waals surface area contributed by atoms with Gasteiger partial charge < -0.3 is 5.32 Å². The third kappa shape index (κ3) is 4.70. The first-order valence-electron chi connectivity index (χ1n) is 10.2. The van der Waals surface area contributed by atoms with Crippen LogP contribution in [-0.2, 0) is 16.2 Å². The molecule has 0 atom stereocenters. The number of rotatable bonds is 5. The maximum atomic E-state index is 13.9. The Morgan fingerprint density at radius 3 is 2.33 bits per heavy atom. The number of hydrogen-bond donors (Lipinski definition) is 1. The summed E-state index contributed by atoms with van der Waals surface area (Å²) in [7, 11) is -4.23. The van der Waals surface area contributed by atoms with Crippen LogP contribution in [0.2, 0.25) is 0 Å². The second-order valence-electron chi connectivity index (χ2n) is 7.52. The van der Waals surface area contributed by atoms with Gasteiger partial charge in [0.05, 0.1) is 5.56 Å². The van der Waals surface area contributed by atoms with Gasteiger partial charge in [-0.25, -0.2) is 15.0 Å². The highest BCUT2D eigenvalue weighted by Crippen LogP contribution is 2.40. The normalized spacial score (nSPS) is 15.4. The minimum Gasteiger partial charge on any atom is -0.314 e. The Kier molecular flexibility index (Phi) is 6.37. The van der Waals surface area contributed by atoms with Gasteiger partial charge in [0.1, 0.15) is 0 Å². The first-order valence-corrected chi connectivity index (χ1v) is 11.7. The molecule has 1 aromatic carbocycles. The molecule has 0 bridgehead atoms. The van der Waals surface area contributed by atoms with Crippen molar-refractivity contribution in [3.05, 3.63) is 72.1 Å². The molecule has 7 nitrogen and oxygen atoms in total. The van der Waals surface area contributed by atoms with Gasteiger partial charge in [-0.05, 0) is 41.8 Å². The number of aryl methyl sites for hydroxylation is 1. The van der Waals surface area contributed by atoms with E-state index in [0.717, 1.165) is 4.41 Å². The highest BCUT2D eigenvalue weighted by Gasteiger charge is 2.38. The predicted molar refractivity (Wildman–Crippen MR) is 118 cm³/mol. The largest absolute Gasteiger partial charge is 0.418 e. The van der Waals surface area contributed by atoms with Crippen molar-refractivity contribution >= 4 is 15.8 Å². The van der Waals surface area contributed by atoms with Gasteiger partial charge in [-0.2, -0.15) is 26.0 Å². The molecule has 3 aromatic rings. The number of pyridine rings is 2. The standard InChI is InChI=1S/C22H22F3N5O2S/c1-16-6-2-3-7-17(16)18-14-20(28-15-19(18)22(23,24)25)30(29-12-10-26-11-13-29)33(31,32)21-8-4-5-9-27-21/h2-9,14-15,26H,10-13H2,1H3. The Hall–Kier alpha value is -3.02. The van der Waals surface area contributed by atoms with Gasteiger partial charge in [0.2, 0.25) is 0 Å². The number of sulfonamides is 1. The van der Waals surface area contributed by atoms with Crippen LogP contribution in [0.5, 0.6) is 0 Å². The van der Waals surface area contributed by atoms with E-state index < -0.39 is 21.8 Å². The van der Waals surface area contributed by atoms with E-state index in [1.807, 2.05) is 0 Å². The summed E-state index contributed by atoms with van der Waals surface area (Å²) in [5, 5.41) is 4.47. The van der Waals surface area contributed by atoms with Crippen LogP contribution in [0.4, 0.5) is 19.0 Å². The molecule has 2 aromatic heterocycles. The molecule has 11 heteroatoms. The second kappa shape index (κ2) is 9.08. The van der Waals surface area contributed by atoms with Gasteiger partial charge in [-0.3, -0.25) is 0 Å². The zero-order valence-corrected chi connectivity index (χ0v) is 18.6. The van der Waals surface area contributed by atoms with Crippen molar-refractivity contribution in [1.29, 1.82) is 0 Å². The van der Waals surface area contributed by atoms with Gasteiger partial charge in [0.15, 0.2) is 10.8 Å². The van der Waals surface area contributed by atoms with Gasteiger partial charge in [0, 0.05) is 38.6 Å². The summed E-state index contributed by atoms with van der Waals surface area (Å²) in [5.74, 6) is -0.131. The van der Waals surface area contributed by atoms with Crippen molar-refractivity contribution in [3.8, 4) is 11.1 Å². The molecule has 0 radical (unpaired) electrons. The molecule has 174 valence electrons. The number of halogens is 3. The van der Waals surface area contributed by atoms with Gasteiger partial charge in [-0.15, -0.1) is 0 Å². The Morgan fingerprint density at radius 1 is 1.00 bits per heavy atom. The highest BCUT2D eigenvalue weighted by molar-refractivity contribution is 7.92. The lowest BCUT2D eigenvalue weighted by atomic mass is 9.97. The highest BCUT2D eigenvalue weighted by atomic mass is 32.2. The van der Waals surface area contributed by atoms with Crippen LogP contribution in [0.1, 0.15) is 11.1 Å². The molecule has 0 unspecified atom stereocenters. The van der Waals surface area contributed by atoms with E-state index in [1.165, 1.54) is 24.4 Å². The first kappa shape index (κ1) is 23.1. The summed E-state index contributed by atoms with van der Waals surface area (Å²) in [5.41, 5.74) is -0.0941. The van der Waals surface area contributed by atoms with E-state index in [9.17, 15) is 21.6 Å². The summed E-state index contributed by atoms with van der Waals surface area (Å²) in [6.45, 7) is 3.39. The average Bonchev–Trinajstić information content (AvgIpc) is 2.80. The van der Waals surface area contributed by atoms with Crippen molar-refractivity contribution in [2.45, 2.75) is 18.1 Å². The third-order valence-corrected chi connectivity index (χ3v) is 6.95. The summed E-state index contributed by atoms with van der Waals surface area (Å²) in [6.07, 6.45) is -2.62. The lowest BCUT2D eigenvalue weighted by Gasteiger charge is -2.37. The molecule has 1 fully saturated rings. The number of hydrazine groups is 1. The zero-order valence-electron chi connectivity index (χ0n) is 17.7. The predicted octanol–water partition coefficient (Wildman–Crippen LogP) is 3.49. The smallest absolute Gasteiger partial charge is 0.314 e. The Morgan fingerprint density at radius 2 is 1.70 bits per heavy atom. The fourth-order valence-electron chi connectivity index (χ4n) is 3.72. The van der Waals surface area contributed by atoms with E-state index >= 15 is 0 Å². The quantitative estimate of drug-likeness (QED) is 0.606. The molecule has 33 heavy (non-hydrogen) atoms. The second-order valence-corrected chi connectivity index (χ2v) is 9.23. The van der Waals surface area contributed by atoms with Crippen molar-refractivity contribution in [1.82, 2.24) is 20.3 Å². The van der Waals surface area contributed by atoms with Crippen molar-refractivity contribution in [2.24, 2.45) is 0 Å². The van der Waals surface area contributed by atoms with Gasteiger partial charge >= 0.3 is 6.18 Å². The maximum absolute atomic E-state index is 13.9. The minimum atomic E-state index is -4.66. The molecule has 1 N–H and O–H groups in total. The number of aromatic nitrogens is 2. The fourth-order valence-corrected chi connectivity index (χ4v) is 5.15. The number of nitrogens with zero attached hydrogens (tertiary/aromatic N) is 4. The lowest BCUT2D eigenvalue weighted by Crippen LogP contribution is -2.55. The number of alkyl halides is 3. The summed E-state index contributed by atoms with van der Waals surface area (Å²) < 4.78 is 69.7. The molecule has 4 rings (SSSR count). The monoisotopic (exact) mass is 477 g/mol. The molecule has 1 aliphatic heterocycles. The number of benzene rings is 1. The van der Waals surface area contributed by atoms with Crippen molar-refractivity contribution < 1.29 is 21.6 Å². The third-order valence-electron chi connectivity index (χ3n) is 5.31. The van der Waals surface area contributed by atoms with Crippen LogP contribution in [0.3, 0.4) is 0 Å². The molecule has 0 spiro atoms. The molecule has 0 saturated carbocycles. The molecular formula is C22H22F3N5O2S. The minimum absolute atomic E-state index is 0.131. The van der Waals surface area contributed by atoms with Crippen molar-refractivity contribution in [2.75, 3.05) is 30.6 Å².